The van der Waals surface area contributed by atoms with Crippen molar-refractivity contribution in [2.45, 2.75) is 223 Å². The minimum absolute atomic E-state index is 0.131. The van der Waals surface area contributed by atoms with Gasteiger partial charge in [-0.15, -0.1) is 0 Å². The molecule has 1 rings (SSSR count). The summed E-state index contributed by atoms with van der Waals surface area (Å²) in [7, 11) is 9.93. The van der Waals surface area contributed by atoms with Crippen molar-refractivity contribution in [2.24, 2.45) is 47.3 Å². The maximum atomic E-state index is 15.2. The number of likely N-dealkylation sites (N-methyl/N-ethyl adjacent to an activating group) is 7. The molecule has 0 aromatic carbocycles. The van der Waals surface area contributed by atoms with Crippen LogP contribution >= 0.6 is 0 Å². The van der Waals surface area contributed by atoms with E-state index >= 15 is 9.59 Å². The lowest BCUT2D eigenvalue weighted by atomic mass is 9.91. The van der Waals surface area contributed by atoms with Crippen LogP contribution in [0.1, 0.15) is 157 Å². The molecule has 1 saturated heterocycles. The Hall–Kier alpha value is -6.13. The average Bonchev–Trinajstić information content (AvgIpc) is 2.16. The summed E-state index contributed by atoms with van der Waals surface area (Å²) in [5.41, 5.74) is 0. The van der Waals surface area contributed by atoms with Gasteiger partial charge in [-0.25, -0.2) is 0 Å². The number of rotatable bonds is 15. The molecule has 23 nitrogen and oxygen atoms in total. The summed E-state index contributed by atoms with van der Waals surface area (Å²) in [6.45, 7) is 31.1. The molecular weight excluding hydrogens is 1100 g/mol. The summed E-state index contributed by atoms with van der Waals surface area (Å²) < 4.78 is 0. The topological polar surface area (TPSA) is 279 Å². The normalized spacial score (nSPS) is 26.8. The summed E-state index contributed by atoms with van der Waals surface area (Å²) in [5.74, 6) is -10.3. The third-order valence-electron chi connectivity index (χ3n) is 16.3. The fourth-order valence-electron chi connectivity index (χ4n) is 10.8. The molecule has 492 valence electrons. The third-order valence-corrected chi connectivity index (χ3v) is 16.3. The van der Waals surface area contributed by atoms with Crippen LogP contribution in [0.4, 0.5) is 0 Å². The molecule has 5 N–H and O–H groups in total. The van der Waals surface area contributed by atoms with E-state index in [1.807, 2.05) is 61.5 Å². The number of carbonyl (C=O) groups is 11. The first kappa shape index (κ1) is 77.9. The minimum Gasteiger partial charge on any atom is -0.390 e. The van der Waals surface area contributed by atoms with Crippen LogP contribution in [0.3, 0.4) is 0 Å². The van der Waals surface area contributed by atoms with Crippen molar-refractivity contribution >= 4 is 65.0 Å². The van der Waals surface area contributed by atoms with E-state index in [9.17, 15) is 48.3 Å². The molecule has 0 spiro atoms. The highest BCUT2D eigenvalue weighted by Crippen LogP contribution is 2.26. The number of nitrogens with one attached hydrogen (secondary N) is 4. The molecule has 23 heteroatoms. The standard InChI is InChI=1S/C63H113N11O12/c1-26-27-28-41(16)53(76)52-57(80)67-49(38(10)11)61(84)68(19)33-48(75)69(20)44(29-34(2)3)56(79)66-50(39(12)13)62(85)70(21)45(30-35(4)5)55(78)64-42(17)54(77)65-43(18)58(81)71(22)46(31-36(6)7)59(82)72(23)47(32-37(8)9)60(83)73(24)51(40(14)15)63(86)74(52)25/h26-27,34-47,49-53,76H,28-33H2,1-25H3,(H,64,78)(H,65,77)(H,66,79)(H,67,80)/t41-,42-,43+,44+,45-,46-,47-,49-,50-,51-,52-,53-/m1/s1. The van der Waals surface area contributed by atoms with Gasteiger partial charge in [0.2, 0.25) is 65.0 Å². The molecular formula is C63H113N11O12. The Morgan fingerprint density at radius 2 is 0.791 bits per heavy atom. The third kappa shape index (κ3) is 21.6. The van der Waals surface area contributed by atoms with Gasteiger partial charge in [-0.05, 0) is 100 Å². The molecule has 0 aliphatic carbocycles. The first-order valence-electron chi connectivity index (χ1n) is 30.9. The summed E-state index contributed by atoms with van der Waals surface area (Å²) in [6.07, 6.45) is 3.00. The highest BCUT2D eigenvalue weighted by molar-refractivity contribution is 5.99. The Morgan fingerprint density at radius 3 is 1.23 bits per heavy atom. The van der Waals surface area contributed by atoms with Crippen molar-refractivity contribution in [2.75, 3.05) is 55.9 Å². The Kier molecular flexibility index (Phi) is 31.7. The van der Waals surface area contributed by atoms with Crippen LogP contribution in [0.2, 0.25) is 0 Å². The molecule has 86 heavy (non-hydrogen) atoms. The summed E-state index contributed by atoms with van der Waals surface area (Å²) >= 11 is 0. The van der Waals surface area contributed by atoms with Crippen LogP contribution in [-0.4, -0.2) is 227 Å². The molecule has 0 radical (unpaired) electrons. The van der Waals surface area contributed by atoms with E-state index in [1.165, 1.54) is 87.7 Å². The second-order valence-corrected chi connectivity index (χ2v) is 26.9. The summed E-state index contributed by atoms with van der Waals surface area (Å²) in [4.78, 5) is 169. The number of hydrogen-bond donors (Lipinski definition) is 5. The molecule has 1 heterocycles. The second kappa shape index (κ2) is 35.0. The number of allylic oxidation sites excluding steroid dienone is 2. The van der Waals surface area contributed by atoms with Crippen molar-refractivity contribution in [3.8, 4) is 0 Å². The van der Waals surface area contributed by atoms with Gasteiger partial charge >= 0.3 is 0 Å². The van der Waals surface area contributed by atoms with Crippen LogP contribution < -0.4 is 21.3 Å². The molecule has 0 aromatic rings. The van der Waals surface area contributed by atoms with Gasteiger partial charge in [0, 0.05) is 49.3 Å². The first-order valence-corrected chi connectivity index (χ1v) is 30.9. The Morgan fingerprint density at radius 1 is 0.419 bits per heavy atom. The van der Waals surface area contributed by atoms with Crippen molar-refractivity contribution in [3.63, 3.8) is 0 Å². The Labute approximate surface area is 515 Å². The van der Waals surface area contributed by atoms with Gasteiger partial charge in [0.25, 0.3) is 0 Å². The van der Waals surface area contributed by atoms with E-state index in [-0.39, 0.29) is 49.4 Å². The van der Waals surface area contributed by atoms with Crippen LogP contribution in [0.15, 0.2) is 12.2 Å². The fourth-order valence-corrected chi connectivity index (χ4v) is 10.8. The van der Waals surface area contributed by atoms with Gasteiger partial charge in [0.15, 0.2) is 0 Å². The monoisotopic (exact) mass is 1220 g/mol. The lowest BCUT2D eigenvalue weighted by Crippen LogP contribution is -2.64. The van der Waals surface area contributed by atoms with Crippen molar-refractivity contribution in [1.82, 2.24) is 55.6 Å². The van der Waals surface area contributed by atoms with E-state index in [0.717, 1.165) is 9.80 Å². The molecule has 0 aromatic heterocycles. The van der Waals surface area contributed by atoms with Crippen LogP contribution in [0.25, 0.3) is 0 Å². The zero-order valence-corrected chi connectivity index (χ0v) is 56.9. The smallest absolute Gasteiger partial charge is 0.246 e. The highest BCUT2D eigenvalue weighted by Gasteiger charge is 2.46. The molecule has 1 fully saturated rings. The Bertz CT molecular complexity index is 2360. The van der Waals surface area contributed by atoms with E-state index in [0.29, 0.717) is 6.42 Å². The number of aliphatic hydroxyl groups excluding tert-OH is 1. The molecule has 12 atom stereocenters. The van der Waals surface area contributed by atoms with Crippen LogP contribution in [-0.2, 0) is 52.7 Å². The lowest BCUT2D eigenvalue weighted by Gasteiger charge is -2.41. The summed E-state index contributed by atoms with van der Waals surface area (Å²) in [5, 5.41) is 23.2. The van der Waals surface area contributed by atoms with E-state index in [2.05, 4.69) is 21.3 Å². The highest BCUT2D eigenvalue weighted by atomic mass is 16.3. The fraction of sp³-hybridized carbons (Fsp3) is 0.794. The van der Waals surface area contributed by atoms with Gasteiger partial charge in [0.05, 0.1) is 12.6 Å². The zero-order valence-electron chi connectivity index (χ0n) is 56.9. The van der Waals surface area contributed by atoms with Gasteiger partial charge < -0.3 is 60.7 Å². The number of nitrogens with zero attached hydrogens (tertiary/aromatic N) is 7. The predicted octanol–water partition coefficient (Wildman–Crippen LogP) is 3.52. The first-order chi connectivity index (χ1) is 39.6. The van der Waals surface area contributed by atoms with Crippen molar-refractivity contribution in [3.05, 3.63) is 12.2 Å². The van der Waals surface area contributed by atoms with Crippen molar-refractivity contribution < 1.29 is 57.8 Å². The zero-order chi connectivity index (χ0) is 66.8. The van der Waals surface area contributed by atoms with Gasteiger partial charge in [-0.2, -0.15) is 0 Å². The quantitative estimate of drug-likeness (QED) is 0.147. The van der Waals surface area contributed by atoms with Crippen LogP contribution in [0.5, 0.6) is 0 Å². The number of carbonyl (C=O) groups excluding carboxylic acids is 11. The molecule has 0 saturated carbocycles. The maximum Gasteiger partial charge on any atom is 0.246 e. The van der Waals surface area contributed by atoms with E-state index in [1.54, 1.807) is 61.5 Å². The molecule has 1 aliphatic rings. The Balaban J connectivity index is 4.37. The molecule has 0 unspecified atom stereocenters. The average molecular weight is 1220 g/mol. The number of aliphatic hydroxyl groups is 1. The van der Waals surface area contributed by atoms with Gasteiger partial charge in [-0.3, -0.25) is 52.7 Å². The SMILES string of the molecule is CC=CC[C@@H](C)[C@@H](O)[C@@H]1C(=O)N[C@H](C(C)C)C(=O)N(C)CC(=O)N(C)[C@@H](CC(C)C)C(=O)N[C@H](C(C)C)C(=O)N(C)[C@H](CC(C)C)C(=O)N[C@H](C)C(=O)N[C@@H](C)C(=O)N(C)[C@H](CC(C)C)C(=O)N(C)[C@H](CC(C)C)C(=O)N(C)[C@H](C(C)C)C(=O)N1C. The van der Waals surface area contributed by atoms with E-state index < -0.39 is 162 Å². The number of amides is 11. The van der Waals surface area contributed by atoms with Crippen molar-refractivity contribution in [1.29, 1.82) is 0 Å². The molecule has 0 bridgehead atoms. The lowest BCUT2D eigenvalue weighted by molar-refractivity contribution is -0.157. The molecule has 11 amide bonds. The largest absolute Gasteiger partial charge is 0.390 e. The maximum absolute atomic E-state index is 15.2. The molecule has 1 aliphatic heterocycles. The minimum atomic E-state index is -1.62. The van der Waals surface area contributed by atoms with Gasteiger partial charge in [-0.1, -0.05) is 116 Å². The van der Waals surface area contributed by atoms with Gasteiger partial charge in [0.1, 0.15) is 60.4 Å². The number of hydrogen-bond acceptors (Lipinski definition) is 12. The van der Waals surface area contributed by atoms with E-state index in [4.69, 9.17) is 0 Å². The second-order valence-electron chi connectivity index (χ2n) is 26.9. The predicted molar refractivity (Wildman–Crippen MR) is 333 cm³/mol. The summed E-state index contributed by atoms with van der Waals surface area (Å²) in [6, 6.07) is -12.4. The van der Waals surface area contributed by atoms with Crippen LogP contribution in [0, 0.1) is 47.3 Å².